The summed E-state index contributed by atoms with van der Waals surface area (Å²) in [7, 11) is 2.16. The zero-order chi connectivity index (χ0) is 11.5. The van der Waals surface area contributed by atoms with E-state index in [0.717, 1.165) is 37.7 Å². The van der Waals surface area contributed by atoms with Crippen molar-refractivity contribution in [1.82, 2.24) is 9.88 Å². The van der Waals surface area contributed by atoms with Gasteiger partial charge in [0.1, 0.15) is 5.82 Å². The average Bonchev–Trinajstić information content (AvgIpc) is 2.30. The Balaban J connectivity index is 2.11. The predicted molar refractivity (Wildman–Crippen MR) is 66.5 cm³/mol. The Hall–Kier alpha value is -1.13. The molecule has 4 heteroatoms. The van der Waals surface area contributed by atoms with Crippen molar-refractivity contribution in [2.24, 2.45) is 5.73 Å². The summed E-state index contributed by atoms with van der Waals surface area (Å²) in [5, 5.41) is 0. The maximum atomic E-state index is 5.84. The first kappa shape index (κ1) is 11.4. The lowest BCUT2D eigenvalue weighted by molar-refractivity contribution is 0.312. The van der Waals surface area contributed by atoms with Gasteiger partial charge in [0.05, 0.1) is 5.69 Å². The molecule has 1 aromatic heterocycles. The number of rotatable bonds is 2. The first-order valence-corrected chi connectivity index (χ1v) is 5.83. The summed E-state index contributed by atoms with van der Waals surface area (Å²) >= 11 is 0. The van der Waals surface area contributed by atoms with Crippen LogP contribution in [-0.2, 0) is 0 Å². The Labute approximate surface area is 97.1 Å². The Morgan fingerprint density at radius 1 is 1.25 bits per heavy atom. The van der Waals surface area contributed by atoms with Gasteiger partial charge in [-0.25, -0.2) is 4.98 Å². The summed E-state index contributed by atoms with van der Waals surface area (Å²) < 4.78 is 0. The van der Waals surface area contributed by atoms with E-state index in [2.05, 4.69) is 27.9 Å². The second-order valence-electron chi connectivity index (χ2n) is 4.50. The van der Waals surface area contributed by atoms with E-state index in [1.54, 1.807) is 0 Å². The number of nitrogens with two attached hydrogens (primary N) is 1. The van der Waals surface area contributed by atoms with Crippen LogP contribution in [0.3, 0.4) is 0 Å². The zero-order valence-corrected chi connectivity index (χ0v) is 10.1. The van der Waals surface area contributed by atoms with E-state index in [9.17, 15) is 0 Å². The number of piperazine rings is 1. The van der Waals surface area contributed by atoms with E-state index in [0.29, 0.717) is 0 Å². The highest BCUT2D eigenvalue weighted by atomic mass is 15.3. The maximum absolute atomic E-state index is 5.84. The van der Waals surface area contributed by atoms with Crippen molar-refractivity contribution in [1.29, 1.82) is 0 Å². The van der Waals surface area contributed by atoms with E-state index < -0.39 is 0 Å². The van der Waals surface area contributed by atoms with Gasteiger partial charge in [0.25, 0.3) is 0 Å². The van der Waals surface area contributed by atoms with Crippen LogP contribution in [0.25, 0.3) is 0 Å². The standard InChI is InChI=1S/C12H20N4/c1-10(13)11-4-3-5-12(14-11)16-8-6-15(2)7-9-16/h3-5,10H,6-9,13H2,1-2H3. The summed E-state index contributed by atoms with van der Waals surface area (Å²) in [5.41, 5.74) is 6.81. The van der Waals surface area contributed by atoms with Crippen LogP contribution in [-0.4, -0.2) is 43.1 Å². The van der Waals surface area contributed by atoms with Gasteiger partial charge in [-0.1, -0.05) is 6.07 Å². The Morgan fingerprint density at radius 3 is 2.56 bits per heavy atom. The quantitative estimate of drug-likeness (QED) is 0.802. The Morgan fingerprint density at radius 2 is 1.94 bits per heavy atom. The third-order valence-electron chi connectivity index (χ3n) is 3.05. The summed E-state index contributed by atoms with van der Waals surface area (Å²) in [5.74, 6) is 1.06. The number of aromatic nitrogens is 1. The molecule has 0 spiro atoms. The molecular formula is C12H20N4. The maximum Gasteiger partial charge on any atom is 0.128 e. The van der Waals surface area contributed by atoms with E-state index in [4.69, 9.17) is 5.73 Å². The monoisotopic (exact) mass is 220 g/mol. The third kappa shape index (κ3) is 2.51. The molecule has 2 N–H and O–H groups in total. The van der Waals surface area contributed by atoms with Gasteiger partial charge in [-0.3, -0.25) is 0 Å². The highest BCUT2D eigenvalue weighted by molar-refractivity contribution is 5.40. The summed E-state index contributed by atoms with van der Waals surface area (Å²) in [6.45, 7) is 6.27. The van der Waals surface area contributed by atoms with Gasteiger partial charge in [-0.15, -0.1) is 0 Å². The van der Waals surface area contributed by atoms with Crippen LogP contribution in [0.15, 0.2) is 18.2 Å². The van der Waals surface area contributed by atoms with Crippen molar-refractivity contribution in [3.8, 4) is 0 Å². The molecular weight excluding hydrogens is 200 g/mol. The molecule has 1 unspecified atom stereocenters. The molecule has 0 aromatic carbocycles. The molecule has 0 aliphatic carbocycles. The third-order valence-corrected chi connectivity index (χ3v) is 3.05. The van der Waals surface area contributed by atoms with Gasteiger partial charge < -0.3 is 15.5 Å². The van der Waals surface area contributed by atoms with Crippen LogP contribution in [0.5, 0.6) is 0 Å². The van der Waals surface area contributed by atoms with Crippen molar-refractivity contribution < 1.29 is 0 Å². The first-order chi connectivity index (χ1) is 7.66. The van der Waals surface area contributed by atoms with Crippen molar-refractivity contribution in [3.05, 3.63) is 23.9 Å². The van der Waals surface area contributed by atoms with E-state index in [-0.39, 0.29) is 6.04 Å². The smallest absolute Gasteiger partial charge is 0.128 e. The highest BCUT2D eigenvalue weighted by Crippen LogP contribution is 2.16. The number of hydrogen-bond acceptors (Lipinski definition) is 4. The predicted octanol–water partition coefficient (Wildman–Crippen LogP) is 0.853. The van der Waals surface area contributed by atoms with Crippen LogP contribution in [0.2, 0.25) is 0 Å². The molecule has 0 saturated carbocycles. The summed E-state index contributed by atoms with van der Waals surface area (Å²) in [6, 6.07) is 6.10. The van der Waals surface area contributed by atoms with E-state index in [1.165, 1.54) is 0 Å². The molecule has 1 atom stereocenters. The van der Waals surface area contributed by atoms with Gasteiger partial charge >= 0.3 is 0 Å². The molecule has 16 heavy (non-hydrogen) atoms. The van der Waals surface area contributed by atoms with Gasteiger partial charge in [0.15, 0.2) is 0 Å². The lowest BCUT2D eigenvalue weighted by atomic mass is 10.2. The van der Waals surface area contributed by atoms with Gasteiger partial charge in [0.2, 0.25) is 0 Å². The fourth-order valence-electron chi connectivity index (χ4n) is 1.90. The number of hydrogen-bond donors (Lipinski definition) is 1. The van der Waals surface area contributed by atoms with Crippen LogP contribution in [0, 0.1) is 0 Å². The van der Waals surface area contributed by atoms with Crippen molar-refractivity contribution in [3.63, 3.8) is 0 Å². The molecule has 4 nitrogen and oxygen atoms in total. The van der Waals surface area contributed by atoms with Crippen molar-refractivity contribution >= 4 is 5.82 Å². The van der Waals surface area contributed by atoms with Crippen LogP contribution in [0.4, 0.5) is 5.82 Å². The topological polar surface area (TPSA) is 45.4 Å². The Bertz CT molecular complexity index is 343. The fraction of sp³-hybridized carbons (Fsp3) is 0.583. The van der Waals surface area contributed by atoms with Crippen LogP contribution in [0.1, 0.15) is 18.7 Å². The van der Waals surface area contributed by atoms with Gasteiger partial charge in [-0.05, 0) is 26.1 Å². The van der Waals surface area contributed by atoms with Crippen molar-refractivity contribution in [2.45, 2.75) is 13.0 Å². The van der Waals surface area contributed by atoms with Gasteiger partial charge in [0, 0.05) is 32.2 Å². The summed E-state index contributed by atoms with van der Waals surface area (Å²) in [6.07, 6.45) is 0. The van der Waals surface area contributed by atoms with E-state index >= 15 is 0 Å². The second-order valence-corrected chi connectivity index (χ2v) is 4.50. The molecule has 1 aliphatic heterocycles. The van der Waals surface area contributed by atoms with Crippen LogP contribution < -0.4 is 10.6 Å². The molecule has 0 radical (unpaired) electrons. The molecule has 1 aliphatic rings. The minimum Gasteiger partial charge on any atom is -0.354 e. The number of likely N-dealkylation sites (N-methyl/N-ethyl adjacent to an activating group) is 1. The van der Waals surface area contributed by atoms with E-state index in [1.807, 2.05) is 19.1 Å². The first-order valence-electron chi connectivity index (χ1n) is 5.83. The number of anilines is 1. The number of nitrogens with zero attached hydrogens (tertiary/aromatic N) is 3. The minimum atomic E-state index is 0.00686. The lowest BCUT2D eigenvalue weighted by Gasteiger charge is -2.33. The molecule has 0 amide bonds. The molecule has 2 rings (SSSR count). The number of pyridine rings is 1. The SMILES string of the molecule is CC(N)c1cccc(N2CCN(C)CC2)n1. The molecule has 1 fully saturated rings. The molecule has 1 saturated heterocycles. The van der Waals surface area contributed by atoms with Crippen molar-refractivity contribution in [2.75, 3.05) is 38.1 Å². The normalized spacial score (nSPS) is 19.8. The minimum absolute atomic E-state index is 0.00686. The zero-order valence-electron chi connectivity index (χ0n) is 10.1. The highest BCUT2D eigenvalue weighted by Gasteiger charge is 2.15. The molecule has 2 heterocycles. The molecule has 1 aromatic rings. The lowest BCUT2D eigenvalue weighted by Crippen LogP contribution is -2.44. The average molecular weight is 220 g/mol. The largest absolute Gasteiger partial charge is 0.354 e. The second kappa shape index (κ2) is 4.80. The fourth-order valence-corrected chi connectivity index (χ4v) is 1.90. The summed E-state index contributed by atoms with van der Waals surface area (Å²) in [4.78, 5) is 9.27. The molecule has 0 bridgehead atoms. The molecule has 88 valence electrons. The van der Waals surface area contributed by atoms with Gasteiger partial charge in [-0.2, -0.15) is 0 Å². The Kier molecular flexibility index (Phi) is 3.41. The van der Waals surface area contributed by atoms with Crippen LogP contribution >= 0.6 is 0 Å².